The molecule has 0 radical (unpaired) electrons. The lowest BCUT2D eigenvalue weighted by Gasteiger charge is -2.17. The van der Waals surface area contributed by atoms with E-state index < -0.39 is 0 Å². The fourth-order valence-electron chi connectivity index (χ4n) is 4.52. The Morgan fingerprint density at radius 3 is 2.71 bits per heavy atom. The van der Waals surface area contributed by atoms with E-state index in [0.717, 1.165) is 32.6 Å². The van der Waals surface area contributed by atoms with Crippen LogP contribution in [0.1, 0.15) is 45.2 Å². The Hall–Kier alpha value is -2.77. The number of carbonyl (C=O) groups is 1. The molecule has 1 amide bonds. The highest BCUT2D eigenvalue weighted by Crippen LogP contribution is 2.29. The van der Waals surface area contributed by atoms with Crippen LogP contribution in [0.5, 0.6) is 0 Å². The van der Waals surface area contributed by atoms with Crippen molar-refractivity contribution < 1.29 is 4.79 Å². The van der Waals surface area contributed by atoms with Gasteiger partial charge in [-0.25, -0.2) is 9.97 Å². The van der Waals surface area contributed by atoms with Gasteiger partial charge in [-0.15, -0.1) is 0 Å². The Morgan fingerprint density at radius 2 is 1.97 bits per heavy atom. The molecule has 7 heteroatoms. The molecule has 1 fully saturated rings. The first-order valence-corrected chi connectivity index (χ1v) is 10.9. The van der Waals surface area contributed by atoms with Crippen molar-refractivity contribution in [2.75, 3.05) is 40.3 Å². The van der Waals surface area contributed by atoms with Crippen LogP contribution < -0.4 is 5.32 Å². The third kappa shape index (κ3) is 4.94. The highest BCUT2D eigenvalue weighted by molar-refractivity contribution is 5.97. The van der Waals surface area contributed by atoms with Gasteiger partial charge in [0.05, 0.1) is 0 Å². The number of hydrogen-bond donors (Lipinski definition) is 1. The van der Waals surface area contributed by atoms with Crippen LogP contribution in [0.2, 0.25) is 0 Å². The van der Waals surface area contributed by atoms with Gasteiger partial charge in [-0.1, -0.05) is 29.3 Å². The number of benzene rings is 1. The number of amides is 1. The largest absolute Gasteiger partial charge is 0.349 e. The van der Waals surface area contributed by atoms with Crippen molar-refractivity contribution in [3.63, 3.8) is 0 Å². The first kappa shape index (κ1) is 21.5. The lowest BCUT2D eigenvalue weighted by atomic mass is 10.0. The van der Waals surface area contributed by atoms with Gasteiger partial charge in [-0.3, -0.25) is 14.1 Å². The smallest absolute Gasteiger partial charge is 0.273 e. The van der Waals surface area contributed by atoms with E-state index in [0.29, 0.717) is 23.8 Å². The van der Waals surface area contributed by atoms with E-state index >= 15 is 0 Å². The highest BCUT2D eigenvalue weighted by Gasteiger charge is 2.27. The summed E-state index contributed by atoms with van der Waals surface area (Å²) in [6.07, 6.45) is 4.63. The van der Waals surface area contributed by atoms with Crippen molar-refractivity contribution in [2.24, 2.45) is 0 Å². The molecule has 1 aliphatic heterocycles. The van der Waals surface area contributed by atoms with Crippen molar-refractivity contribution in [3.05, 3.63) is 64.9 Å². The number of likely N-dealkylation sites (N-methyl/N-ethyl adjacent to an activating group) is 1. The van der Waals surface area contributed by atoms with Crippen LogP contribution in [-0.4, -0.2) is 70.4 Å². The molecule has 7 nitrogen and oxygen atoms in total. The maximum absolute atomic E-state index is 12.6. The third-order valence-corrected chi connectivity index (χ3v) is 5.90. The number of rotatable bonds is 7. The average molecular weight is 421 g/mol. The highest BCUT2D eigenvalue weighted by atomic mass is 16.1. The van der Waals surface area contributed by atoms with Crippen molar-refractivity contribution in [2.45, 2.75) is 32.7 Å². The van der Waals surface area contributed by atoms with E-state index in [9.17, 15) is 4.79 Å². The van der Waals surface area contributed by atoms with Crippen LogP contribution in [-0.2, 0) is 6.54 Å². The van der Waals surface area contributed by atoms with Crippen LogP contribution in [0.3, 0.4) is 0 Å². The first-order valence-electron chi connectivity index (χ1n) is 10.9. The summed E-state index contributed by atoms with van der Waals surface area (Å²) in [5, 5.41) is 2.94. The van der Waals surface area contributed by atoms with Gasteiger partial charge in [-0.05, 0) is 52.5 Å². The normalized spacial score (nSPS) is 17.0. The molecule has 1 atom stereocenters. The number of hydrogen-bond acceptors (Lipinski definition) is 5. The second-order valence-corrected chi connectivity index (χ2v) is 8.93. The van der Waals surface area contributed by atoms with Gasteiger partial charge >= 0.3 is 0 Å². The summed E-state index contributed by atoms with van der Waals surface area (Å²) in [7, 11) is 3.97. The maximum Gasteiger partial charge on any atom is 0.273 e. The van der Waals surface area contributed by atoms with E-state index in [1.165, 1.54) is 22.4 Å². The first-order chi connectivity index (χ1) is 14.9. The maximum atomic E-state index is 12.6. The predicted molar refractivity (Wildman–Crippen MR) is 122 cm³/mol. The van der Waals surface area contributed by atoms with Gasteiger partial charge in [0, 0.05) is 44.0 Å². The molecule has 0 bridgehead atoms. The number of fused-ring (bicyclic) bond motifs is 1. The zero-order valence-electron chi connectivity index (χ0n) is 18.9. The van der Waals surface area contributed by atoms with Gasteiger partial charge < -0.3 is 10.2 Å². The van der Waals surface area contributed by atoms with Gasteiger partial charge in [0.1, 0.15) is 6.33 Å². The fourth-order valence-corrected chi connectivity index (χ4v) is 4.52. The molecular weight excluding hydrogens is 388 g/mol. The number of nitrogens with zero attached hydrogens (tertiary/aromatic N) is 5. The number of aryl methyl sites for hydroxylation is 2. The molecular formula is C24H32N6O. The Labute approximate surface area is 184 Å². The summed E-state index contributed by atoms with van der Waals surface area (Å²) in [6, 6.07) is 8.84. The quantitative estimate of drug-likeness (QED) is 0.637. The van der Waals surface area contributed by atoms with Crippen molar-refractivity contribution in [3.8, 4) is 0 Å². The monoisotopic (exact) mass is 420 g/mol. The number of imidazole rings is 1. The van der Waals surface area contributed by atoms with Gasteiger partial charge in [0.2, 0.25) is 0 Å². The lowest BCUT2D eigenvalue weighted by molar-refractivity contribution is 0.0948. The molecule has 0 unspecified atom stereocenters. The lowest BCUT2D eigenvalue weighted by Crippen LogP contribution is -2.31. The number of carbonyl (C=O) groups excluding carboxylic acids is 1. The molecule has 164 valence electrons. The summed E-state index contributed by atoms with van der Waals surface area (Å²) in [4.78, 5) is 26.0. The summed E-state index contributed by atoms with van der Waals surface area (Å²) in [5.41, 5.74) is 6.20. The molecule has 0 aliphatic carbocycles. The van der Waals surface area contributed by atoms with Crippen LogP contribution in [0.4, 0.5) is 0 Å². The Bertz CT molecular complexity index is 1050. The van der Waals surface area contributed by atoms with Gasteiger partial charge in [0.15, 0.2) is 11.3 Å². The standard InChI is InChI=1S/C24H32N6O/c1-17-11-18(2)13-19(12-17)14-29-9-6-20(15-29)21-5-7-25-23-22(27-16-30(21)23)24(31)26-8-10-28(3)4/h5,7,11-13,16,20H,6,8-10,14-15H2,1-4H3,(H,26,31)/t20-/m1/s1. The Morgan fingerprint density at radius 1 is 1.19 bits per heavy atom. The van der Waals surface area contributed by atoms with E-state index in [4.69, 9.17) is 0 Å². The Balaban J connectivity index is 1.47. The SMILES string of the molecule is Cc1cc(C)cc(CN2CC[C@@H](c3ccnc4c(C(=O)NCCN(C)C)ncn34)C2)c1. The minimum Gasteiger partial charge on any atom is -0.349 e. The minimum atomic E-state index is -0.170. The van der Waals surface area contributed by atoms with Crippen LogP contribution >= 0.6 is 0 Å². The molecule has 1 N–H and O–H groups in total. The second kappa shape index (κ2) is 9.16. The Kier molecular flexibility index (Phi) is 6.34. The summed E-state index contributed by atoms with van der Waals surface area (Å²) in [6.45, 7) is 8.71. The molecule has 4 rings (SSSR count). The van der Waals surface area contributed by atoms with Crippen molar-refractivity contribution >= 4 is 11.6 Å². The van der Waals surface area contributed by atoms with E-state index in [1.807, 2.05) is 23.4 Å². The summed E-state index contributed by atoms with van der Waals surface area (Å²) < 4.78 is 1.99. The van der Waals surface area contributed by atoms with Gasteiger partial charge in [-0.2, -0.15) is 0 Å². The summed E-state index contributed by atoms with van der Waals surface area (Å²) >= 11 is 0. The molecule has 3 heterocycles. The van der Waals surface area contributed by atoms with E-state index in [2.05, 4.69) is 58.3 Å². The van der Waals surface area contributed by atoms with E-state index in [-0.39, 0.29) is 5.91 Å². The van der Waals surface area contributed by atoms with Crippen LogP contribution in [0.15, 0.2) is 36.8 Å². The van der Waals surface area contributed by atoms with Crippen LogP contribution in [0.25, 0.3) is 5.65 Å². The fraction of sp³-hybridized carbons (Fsp3) is 0.458. The molecule has 2 aromatic heterocycles. The summed E-state index contributed by atoms with van der Waals surface area (Å²) in [5.74, 6) is 0.229. The number of aromatic nitrogens is 3. The molecule has 31 heavy (non-hydrogen) atoms. The molecule has 0 spiro atoms. The zero-order chi connectivity index (χ0) is 22.0. The number of nitrogens with one attached hydrogen (secondary N) is 1. The average Bonchev–Trinajstić information content (AvgIpc) is 3.33. The van der Waals surface area contributed by atoms with Crippen LogP contribution in [0, 0.1) is 13.8 Å². The molecule has 0 saturated carbocycles. The molecule has 1 aromatic carbocycles. The third-order valence-electron chi connectivity index (χ3n) is 5.90. The van der Waals surface area contributed by atoms with Crippen molar-refractivity contribution in [1.82, 2.24) is 29.5 Å². The molecule has 1 saturated heterocycles. The van der Waals surface area contributed by atoms with E-state index in [1.54, 1.807) is 12.5 Å². The topological polar surface area (TPSA) is 65.8 Å². The second-order valence-electron chi connectivity index (χ2n) is 8.93. The minimum absolute atomic E-state index is 0.170. The molecule has 1 aliphatic rings. The zero-order valence-corrected chi connectivity index (χ0v) is 18.9. The number of likely N-dealkylation sites (tertiary alicyclic amines) is 1. The predicted octanol–water partition coefficient (Wildman–Crippen LogP) is 2.63. The molecule has 3 aromatic rings. The van der Waals surface area contributed by atoms with Gasteiger partial charge in [0.25, 0.3) is 5.91 Å². The van der Waals surface area contributed by atoms with Crippen molar-refractivity contribution in [1.29, 1.82) is 0 Å².